The zero-order chi connectivity index (χ0) is 18.4. The Morgan fingerprint density at radius 1 is 1.24 bits per heavy atom. The number of nitrogens with one attached hydrogen (secondary N) is 1. The fraction of sp³-hybridized carbons (Fsp3) is 0.263. The Balaban J connectivity index is 2.14. The van der Waals surface area contributed by atoms with E-state index in [9.17, 15) is 9.90 Å². The summed E-state index contributed by atoms with van der Waals surface area (Å²) in [5.74, 6) is -0.522. The van der Waals surface area contributed by atoms with E-state index in [0.29, 0.717) is 16.1 Å². The first-order chi connectivity index (χ1) is 11.7. The van der Waals surface area contributed by atoms with Gasteiger partial charge in [-0.2, -0.15) is 0 Å². The fourth-order valence-electron chi connectivity index (χ4n) is 2.82. The summed E-state index contributed by atoms with van der Waals surface area (Å²) in [7, 11) is 0. The van der Waals surface area contributed by atoms with Crippen LogP contribution >= 0.6 is 11.6 Å². The van der Waals surface area contributed by atoms with E-state index in [1.807, 2.05) is 12.1 Å². The summed E-state index contributed by atoms with van der Waals surface area (Å²) >= 11 is 6.02. The van der Waals surface area contributed by atoms with Crippen LogP contribution in [0.1, 0.15) is 43.6 Å². The number of carbonyl (C=O) groups excluding carboxylic acids is 1. The van der Waals surface area contributed by atoms with Crippen LogP contribution in [0.25, 0.3) is 11.0 Å². The lowest BCUT2D eigenvalue weighted by molar-refractivity contribution is -0.118. The lowest BCUT2D eigenvalue weighted by Crippen LogP contribution is -2.22. The van der Waals surface area contributed by atoms with Crippen molar-refractivity contribution in [2.24, 2.45) is 5.73 Å². The van der Waals surface area contributed by atoms with Crippen molar-refractivity contribution < 1.29 is 9.90 Å². The summed E-state index contributed by atoms with van der Waals surface area (Å²) in [5.41, 5.74) is 8.18. The number of aromatic amines is 1. The van der Waals surface area contributed by atoms with Gasteiger partial charge in [0.05, 0.1) is 17.0 Å². The van der Waals surface area contributed by atoms with E-state index in [1.54, 1.807) is 18.2 Å². The predicted octanol–water partition coefficient (Wildman–Crippen LogP) is 3.84. The number of H-pyrrole nitrogens is 1. The number of aromatic hydroxyl groups is 1. The Kier molecular flexibility index (Phi) is 4.21. The molecule has 0 saturated carbocycles. The van der Waals surface area contributed by atoms with Gasteiger partial charge in [0.25, 0.3) is 0 Å². The number of phenols is 1. The van der Waals surface area contributed by atoms with Gasteiger partial charge in [0.15, 0.2) is 0 Å². The molecule has 0 aliphatic heterocycles. The number of aromatic nitrogens is 2. The zero-order valence-corrected chi connectivity index (χ0v) is 15.1. The van der Waals surface area contributed by atoms with Gasteiger partial charge in [-0.25, -0.2) is 4.98 Å². The number of hydrogen-bond donors (Lipinski definition) is 3. The summed E-state index contributed by atoms with van der Waals surface area (Å²) in [6.45, 7) is 6.21. The molecule has 0 aliphatic rings. The second-order valence-electron chi connectivity index (χ2n) is 7.15. The third-order valence-electron chi connectivity index (χ3n) is 4.13. The number of hydrogen-bond acceptors (Lipinski definition) is 3. The van der Waals surface area contributed by atoms with Crippen LogP contribution in [0.4, 0.5) is 0 Å². The number of imidazole rings is 1. The van der Waals surface area contributed by atoms with Gasteiger partial charge in [-0.3, -0.25) is 4.79 Å². The quantitative estimate of drug-likeness (QED) is 0.665. The van der Waals surface area contributed by atoms with Gasteiger partial charge in [-0.05, 0) is 35.9 Å². The average Bonchev–Trinajstić information content (AvgIpc) is 2.94. The van der Waals surface area contributed by atoms with Crippen molar-refractivity contribution in [3.8, 4) is 5.75 Å². The monoisotopic (exact) mass is 357 g/mol. The molecule has 0 saturated heterocycles. The molecule has 1 amide bonds. The lowest BCUT2D eigenvalue weighted by atomic mass is 9.90. The number of amides is 1. The molecule has 1 unspecified atom stereocenters. The van der Waals surface area contributed by atoms with E-state index in [-0.39, 0.29) is 11.2 Å². The fourth-order valence-corrected chi connectivity index (χ4v) is 3.00. The molecule has 6 heteroatoms. The molecule has 2 aromatic carbocycles. The summed E-state index contributed by atoms with van der Waals surface area (Å²) in [6, 6.07) is 10.1. The smallest absolute Gasteiger partial charge is 0.229 e. The molecule has 3 aromatic rings. The molecule has 1 heterocycles. The molecule has 0 bridgehead atoms. The maximum absolute atomic E-state index is 12.1. The van der Waals surface area contributed by atoms with E-state index in [4.69, 9.17) is 17.3 Å². The normalized spacial score (nSPS) is 13.1. The zero-order valence-electron chi connectivity index (χ0n) is 14.3. The standard InChI is InChI=1S/C19H20ClN3O2/c1-19(2,3)18-22-13-6-4-10(8-14(13)23-18)16(17(21)25)12-9-11(20)5-7-15(12)24/h4-9,16,24H,1-3H3,(H2,21,25)(H,22,23). The second-order valence-corrected chi connectivity index (χ2v) is 7.59. The molecule has 1 atom stereocenters. The van der Waals surface area contributed by atoms with E-state index in [2.05, 4.69) is 30.7 Å². The Hall–Kier alpha value is -2.53. The third kappa shape index (κ3) is 3.33. The first kappa shape index (κ1) is 17.3. The number of nitrogens with two attached hydrogens (primary N) is 1. The molecule has 3 rings (SSSR count). The molecule has 4 N–H and O–H groups in total. The van der Waals surface area contributed by atoms with Crippen molar-refractivity contribution in [3.05, 3.63) is 58.4 Å². The predicted molar refractivity (Wildman–Crippen MR) is 98.9 cm³/mol. The van der Waals surface area contributed by atoms with Crippen LogP contribution in [-0.2, 0) is 10.2 Å². The molecular weight excluding hydrogens is 338 g/mol. The maximum Gasteiger partial charge on any atom is 0.229 e. The molecule has 0 fully saturated rings. The topological polar surface area (TPSA) is 92.0 Å². The summed E-state index contributed by atoms with van der Waals surface area (Å²) in [6.07, 6.45) is 0. The maximum atomic E-state index is 12.1. The minimum absolute atomic E-state index is 0.0201. The molecule has 5 nitrogen and oxygen atoms in total. The molecule has 0 radical (unpaired) electrons. The third-order valence-corrected chi connectivity index (χ3v) is 4.37. The van der Waals surface area contributed by atoms with Crippen LogP contribution in [0.5, 0.6) is 5.75 Å². The SMILES string of the molecule is CC(C)(C)c1nc2ccc(C(C(N)=O)c3cc(Cl)ccc3O)cc2[nH]1. The highest BCUT2D eigenvalue weighted by molar-refractivity contribution is 6.30. The Morgan fingerprint density at radius 3 is 2.60 bits per heavy atom. The highest BCUT2D eigenvalue weighted by atomic mass is 35.5. The van der Waals surface area contributed by atoms with Crippen LogP contribution in [-0.4, -0.2) is 21.0 Å². The molecule has 0 spiro atoms. The van der Waals surface area contributed by atoms with Gasteiger partial charge in [-0.15, -0.1) is 0 Å². The largest absolute Gasteiger partial charge is 0.508 e. The second kappa shape index (κ2) is 6.08. The number of benzene rings is 2. The lowest BCUT2D eigenvalue weighted by Gasteiger charge is -2.16. The average molecular weight is 358 g/mol. The van der Waals surface area contributed by atoms with Gasteiger partial charge in [-0.1, -0.05) is 38.4 Å². The molecular formula is C19H20ClN3O2. The van der Waals surface area contributed by atoms with Gasteiger partial charge in [0.1, 0.15) is 11.6 Å². The summed E-state index contributed by atoms with van der Waals surface area (Å²) in [4.78, 5) is 20.0. The number of phenolic OH excluding ortho intramolecular Hbond substituents is 1. The van der Waals surface area contributed by atoms with Crippen LogP contribution in [0.2, 0.25) is 5.02 Å². The molecule has 1 aromatic heterocycles. The number of nitrogens with zero attached hydrogens (tertiary/aromatic N) is 1. The van der Waals surface area contributed by atoms with Crippen molar-refractivity contribution in [3.63, 3.8) is 0 Å². The van der Waals surface area contributed by atoms with Gasteiger partial charge in [0, 0.05) is 16.0 Å². The Labute approximate surface area is 150 Å². The highest BCUT2D eigenvalue weighted by Crippen LogP contribution is 2.34. The number of primary amides is 1. The van der Waals surface area contributed by atoms with Crippen LogP contribution in [0.15, 0.2) is 36.4 Å². The first-order valence-electron chi connectivity index (χ1n) is 7.94. The van der Waals surface area contributed by atoms with Gasteiger partial charge in [0.2, 0.25) is 5.91 Å². The van der Waals surface area contributed by atoms with Crippen LogP contribution in [0.3, 0.4) is 0 Å². The van der Waals surface area contributed by atoms with Crippen molar-refractivity contribution >= 4 is 28.5 Å². The minimum atomic E-state index is -0.801. The highest BCUT2D eigenvalue weighted by Gasteiger charge is 2.25. The van der Waals surface area contributed by atoms with E-state index in [1.165, 1.54) is 6.07 Å². The minimum Gasteiger partial charge on any atom is -0.508 e. The van der Waals surface area contributed by atoms with E-state index >= 15 is 0 Å². The number of carbonyl (C=O) groups is 1. The molecule has 25 heavy (non-hydrogen) atoms. The van der Waals surface area contributed by atoms with Crippen molar-refractivity contribution in [2.75, 3.05) is 0 Å². The van der Waals surface area contributed by atoms with Crippen molar-refractivity contribution in [1.82, 2.24) is 9.97 Å². The Morgan fingerprint density at radius 2 is 1.96 bits per heavy atom. The van der Waals surface area contributed by atoms with E-state index in [0.717, 1.165) is 16.9 Å². The number of halogens is 1. The number of fused-ring (bicyclic) bond motifs is 1. The first-order valence-corrected chi connectivity index (χ1v) is 8.32. The Bertz CT molecular complexity index is 957. The van der Waals surface area contributed by atoms with Crippen molar-refractivity contribution in [2.45, 2.75) is 32.1 Å². The van der Waals surface area contributed by atoms with Gasteiger partial charge >= 0.3 is 0 Å². The van der Waals surface area contributed by atoms with Crippen LogP contribution < -0.4 is 5.73 Å². The van der Waals surface area contributed by atoms with Crippen molar-refractivity contribution in [1.29, 1.82) is 0 Å². The summed E-state index contributed by atoms with van der Waals surface area (Å²) < 4.78 is 0. The van der Waals surface area contributed by atoms with Crippen LogP contribution in [0, 0.1) is 0 Å². The number of rotatable bonds is 3. The molecule has 0 aliphatic carbocycles. The molecule has 130 valence electrons. The summed E-state index contributed by atoms with van der Waals surface area (Å²) in [5, 5.41) is 10.6. The van der Waals surface area contributed by atoms with Gasteiger partial charge < -0.3 is 15.8 Å². The van der Waals surface area contributed by atoms with E-state index < -0.39 is 11.8 Å².